The van der Waals surface area contributed by atoms with Crippen molar-refractivity contribution >= 4 is 69.3 Å². The molecular formula is C52H45ClNO3P2Ru. The molecule has 60 heavy (non-hydrogen) atoms. The van der Waals surface area contributed by atoms with Gasteiger partial charge in [0.1, 0.15) is 12.0 Å². The molecule has 0 aromatic heterocycles. The first-order valence-electron chi connectivity index (χ1n) is 18.8. The number of ether oxygens (including phenoxy) is 1. The zero-order valence-corrected chi connectivity index (χ0v) is 37.5. The van der Waals surface area contributed by atoms with Gasteiger partial charge in [-0.05, 0) is 65.4 Å². The van der Waals surface area contributed by atoms with Gasteiger partial charge < -0.3 is 9.84 Å². The van der Waals surface area contributed by atoms with E-state index in [0.717, 1.165) is 17.0 Å². The summed E-state index contributed by atoms with van der Waals surface area (Å²) in [5.74, 6) is 0.953. The number of rotatable bonds is 9. The van der Waals surface area contributed by atoms with Gasteiger partial charge in [0.05, 0.1) is 7.11 Å². The number of methoxy groups -OCH3 is 1. The predicted molar refractivity (Wildman–Crippen MR) is 251 cm³/mol. The van der Waals surface area contributed by atoms with Crippen LogP contribution in [-0.4, -0.2) is 18.4 Å². The Bertz CT molecular complexity index is 2100. The molecule has 8 aromatic rings. The molecule has 0 heterocycles. The minimum atomic E-state index is -0.446. The van der Waals surface area contributed by atoms with E-state index in [-0.39, 0.29) is 5.75 Å². The predicted octanol–water partition coefficient (Wildman–Crippen LogP) is 8.88. The van der Waals surface area contributed by atoms with Gasteiger partial charge in [-0.15, -0.1) is 6.07 Å². The molecule has 0 aliphatic rings. The summed E-state index contributed by atoms with van der Waals surface area (Å²) >= 11 is 1.82. The van der Waals surface area contributed by atoms with Gasteiger partial charge in [-0.25, -0.2) is 4.99 Å². The van der Waals surface area contributed by atoms with E-state index >= 15 is 0 Å². The van der Waals surface area contributed by atoms with E-state index in [0.29, 0.717) is 5.56 Å². The summed E-state index contributed by atoms with van der Waals surface area (Å²) in [6, 6.07) is 78.6. The Balaban J connectivity index is 0.000000190. The average molecular weight is 930 g/mol. The maximum Gasteiger partial charge on any atom is -0.0134 e. The van der Waals surface area contributed by atoms with Crippen molar-refractivity contribution in [2.24, 2.45) is 0 Å². The Kier molecular flexibility index (Phi) is 21.5. The van der Waals surface area contributed by atoms with Crippen molar-refractivity contribution in [2.75, 3.05) is 7.11 Å². The number of nitrogens with one attached hydrogen (secondary N) is 1. The summed E-state index contributed by atoms with van der Waals surface area (Å²) in [5.41, 5.74) is 2.69. The van der Waals surface area contributed by atoms with Crippen LogP contribution >= 0.6 is 25.5 Å². The topological polar surface area (TPSA) is 63.3 Å². The second-order valence-electron chi connectivity index (χ2n) is 12.7. The largest absolute Gasteiger partial charge is 0.0622 e. The molecule has 0 aliphatic heterocycles. The van der Waals surface area contributed by atoms with Gasteiger partial charge in [-0.1, -0.05) is 189 Å². The van der Waals surface area contributed by atoms with E-state index < -0.39 is 15.8 Å². The van der Waals surface area contributed by atoms with Gasteiger partial charge in [0.25, 0.3) is 0 Å². The first-order valence-corrected chi connectivity index (χ1v) is 23.7. The van der Waals surface area contributed by atoms with Crippen molar-refractivity contribution in [3.05, 3.63) is 242 Å². The fourth-order valence-corrected chi connectivity index (χ4v) is 10.5. The number of hydrogen-bond acceptors (Lipinski definition) is 2. The molecule has 0 saturated heterocycles. The molecule has 0 bridgehead atoms. The smallest absolute Gasteiger partial charge is 0.0134 e. The number of benzene rings is 8. The number of phenols is 1. The van der Waals surface area contributed by atoms with Gasteiger partial charge in [0.15, 0.2) is 0 Å². The summed E-state index contributed by atoms with van der Waals surface area (Å²) in [6.07, 6.45) is 1.75. The molecule has 0 saturated carbocycles. The zero-order chi connectivity index (χ0) is 42.8. The Morgan fingerprint density at radius 3 is 1.13 bits per heavy atom. The molecular weight excluding hydrogens is 885 g/mol. The van der Waals surface area contributed by atoms with Crippen LogP contribution in [0.25, 0.3) is 0 Å². The average Bonchev–Trinajstić information content (AvgIpc) is 3.33. The minimum Gasteiger partial charge on any atom is -0.0622 e. The third kappa shape index (κ3) is 15.0. The Hall–Kier alpha value is -5.46. The molecule has 0 spiro atoms. The molecule has 0 amide bonds. The first-order chi connectivity index (χ1) is 29.6. The van der Waals surface area contributed by atoms with Crippen LogP contribution < -0.4 is 41.6 Å². The molecule has 8 rings (SSSR count). The molecule has 0 unspecified atom stereocenters. The SMILES string of the molecule is COc1ccc([NH+]=Cc2cc(C)c[c-]c2O)cc1.[C-]#[O+].[Cl][Ru].c1ccc(P(c2ccccc2)c2ccccc2)cc1.c1ccc(P(c2ccccc2)c2ccccc2)cc1. The van der Waals surface area contributed by atoms with Crippen molar-refractivity contribution in [1.29, 1.82) is 0 Å². The fourth-order valence-electron chi connectivity index (χ4n) is 5.94. The van der Waals surface area contributed by atoms with Crippen molar-refractivity contribution in [3.63, 3.8) is 0 Å². The summed E-state index contributed by atoms with van der Waals surface area (Å²) in [7, 11) is 5.31. The van der Waals surface area contributed by atoms with Crippen LogP contribution in [0.1, 0.15) is 11.1 Å². The maximum atomic E-state index is 9.65. The Morgan fingerprint density at radius 2 is 0.850 bits per heavy atom. The van der Waals surface area contributed by atoms with Crippen molar-refractivity contribution in [1.82, 2.24) is 0 Å². The second kappa shape index (κ2) is 27.3. The number of halogens is 1. The van der Waals surface area contributed by atoms with Crippen LogP contribution in [0.15, 0.2) is 218 Å². The van der Waals surface area contributed by atoms with Gasteiger partial charge in [-0.3, -0.25) is 0 Å². The molecule has 0 atom stereocenters. The molecule has 0 radical (unpaired) electrons. The number of phenolic OH excluding ortho intramolecular Hbond substituents is 1. The fraction of sp³-hybridized carbons (Fsp3) is 0.0385. The number of hydrogen-bond donors (Lipinski definition) is 2. The standard InChI is InChI=1S/2C18H15P.C15H14NO2.CO.ClH.Ru/c2*1-4-10-16(11-5-1)19(17-12-6-2-7-13-17)18-14-8-3-9-15-18;1-11-3-8-15(17)12(9-11)10-16-13-4-6-14(18-2)7-5-13;1-2;;/h2*1-15H;3-7,9-10,17H,1-2H3;;1H;/q;;-1;;;+1. The summed E-state index contributed by atoms with van der Waals surface area (Å²) < 4.78 is 12.6. The molecule has 301 valence electrons. The van der Waals surface area contributed by atoms with E-state index in [1.165, 1.54) is 31.8 Å². The van der Waals surface area contributed by atoms with Crippen LogP contribution in [0.4, 0.5) is 5.69 Å². The van der Waals surface area contributed by atoms with Crippen molar-refractivity contribution in [3.8, 4) is 11.5 Å². The van der Waals surface area contributed by atoms with Crippen LogP contribution in [0.5, 0.6) is 11.5 Å². The maximum absolute atomic E-state index is 9.65. The minimum absolute atomic E-state index is 0.140. The van der Waals surface area contributed by atoms with Gasteiger partial charge >= 0.3 is 38.3 Å². The van der Waals surface area contributed by atoms with Crippen molar-refractivity contribution in [2.45, 2.75) is 6.92 Å². The number of aryl methyl sites for hydroxylation is 1. The van der Waals surface area contributed by atoms with Gasteiger partial charge in [0.2, 0.25) is 5.69 Å². The number of aromatic hydroxyl groups is 1. The monoisotopic (exact) mass is 930 g/mol. The summed E-state index contributed by atoms with van der Waals surface area (Å²) in [5, 5.41) is 18.0. The van der Waals surface area contributed by atoms with Gasteiger partial charge in [0, 0.05) is 17.9 Å². The summed E-state index contributed by atoms with van der Waals surface area (Å²) in [4.78, 5) is 3.12. The van der Waals surface area contributed by atoms with E-state index in [2.05, 4.69) is 209 Å². The normalized spacial score (nSPS) is 10.1. The quantitative estimate of drug-likeness (QED) is 0.0500. The van der Waals surface area contributed by atoms with E-state index in [1.54, 1.807) is 19.4 Å². The van der Waals surface area contributed by atoms with Crippen LogP contribution in [0.3, 0.4) is 0 Å². The Morgan fingerprint density at radius 1 is 0.550 bits per heavy atom. The molecule has 4 nitrogen and oxygen atoms in total. The Labute approximate surface area is 371 Å². The van der Waals surface area contributed by atoms with E-state index in [9.17, 15) is 5.11 Å². The van der Waals surface area contributed by atoms with E-state index in [4.69, 9.17) is 9.39 Å². The first kappa shape index (κ1) is 47.2. The third-order valence-electron chi connectivity index (χ3n) is 8.66. The van der Waals surface area contributed by atoms with Crippen LogP contribution in [-0.2, 0) is 22.0 Å². The third-order valence-corrected chi connectivity index (χ3v) is 13.6. The van der Waals surface area contributed by atoms with E-state index in [1.807, 2.05) is 54.6 Å². The molecule has 8 heteroatoms. The molecule has 0 fully saturated rings. The molecule has 0 aliphatic carbocycles. The summed E-state index contributed by atoms with van der Waals surface area (Å²) in [6.45, 7) is 6.46. The zero-order valence-electron chi connectivity index (χ0n) is 33.3. The molecule has 8 aromatic carbocycles. The second-order valence-corrected chi connectivity index (χ2v) is 17.1. The molecule has 2 N–H and O–H groups in total. The van der Waals surface area contributed by atoms with Crippen molar-refractivity contribution < 1.29 is 36.8 Å². The van der Waals surface area contributed by atoms with Gasteiger partial charge in [-0.2, -0.15) is 17.7 Å². The van der Waals surface area contributed by atoms with Crippen LogP contribution in [0, 0.1) is 19.6 Å². The van der Waals surface area contributed by atoms with Crippen LogP contribution in [0.2, 0.25) is 0 Å².